The maximum absolute atomic E-state index is 10.2. The number of rotatable bonds is 6. The van der Waals surface area contributed by atoms with E-state index in [0.717, 1.165) is 0 Å². The van der Waals surface area contributed by atoms with Crippen molar-refractivity contribution in [1.29, 1.82) is 5.26 Å². The van der Waals surface area contributed by atoms with Crippen LogP contribution in [0.2, 0.25) is 0 Å². The number of hydrogen-bond acceptors (Lipinski definition) is 7. The number of nitrogens with one attached hydrogen (secondary N) is 1. The average molecular weight is 329 g/mol. The molecule has 0 bridgehead atoms. The van der Waals surface area contributed by atoms with Crippen LogP contribution in [-0.2, 0) is 13.2 Å². The quantitative estimate of drug-likeness (QED) is 0.744. The standard InChI is InChI=1S/C17H19N3O4/c1-10-17(22)13(12(9-21)7-19-10)8-20-14-5-16(24-3)15(23-2)4-11(14)6-18/h4-5,7,20-22H,8-9H2,1-3H3. The van der Waals surface area contributed by atoms with E-state index >= 15 is 0 Å². The van der Waals surface area contributed by atoms with Crippen LogP contribution in [0.5, 0.6) is 17.2 Å². The Kier molecular flexibility index (Phi) is 5.45. The summed E-state index contributed by atoms with van der Waals surface area (Å²) in [5.41, 5.74) is 2.43. The van der Waals surface area contributed by atoms with Crippen LogP contribution in [0.1, 0.15) is 22.4 Å². The summed E-state index contributed by atoms with van der Waals surface area (Å²) in [6.07, 6.45) is 1.52. The molecule has 24 heavy (non-hydrogen) atoms. The molecule has 126 valence electrons. The van der Waals surface area contributed by atoms with Crippen molar-refractivity contribution in [2.75, 3.05) is 19.5 Å². The molecule has 0 radical (unpaired) electrons. The number of ether oxygens (including phenoxy) is 2. The molecule has 2 rings (SSSR count). The number of aromatic hydroxyl groups is 1. The van der Waals surface area contributed by atoms with Gasteiger partial charge in [-0.05, 0) is 6.92 Å². The Morgan fingerprint density at radius 2 is 1.92 bits per heavy atom. The second-order valence-electron chi connectivity index (χ2n) is 5.07. The van der Waals surface area contributed by atoms with Gasteiger partial charge in [-0.15, -0.1) is 0 Å². The lowest BCUT2D eigenvalue weighted by molar-refractivity contribution is 0.279. The Balaban J connectivity index is 2.36. The molecule has 1 heterocycles. The molecule has 3 N–H and O–H groups in total. The van der Waals surface area contributed by atoms with E-state index in [1.165, 1.54) is 20.4 Å². The number of aromatic nitrogens is 1. The molecule has 0 aliphatic heterocycles. The summed E-state index contributed by atoms with van der Waals surface area (Å²) in [7, 11) is 3.01. The van der Waals surface area contributed by atoms with Crippen molar-refractivity contribution in [2.45, 2.75) is 20.1 Å². The molecule has 0 unspecified atom stereocenters. The number of nitrogens with zero attached hydrogens (tertiary/aromatic N) is 2. The molecule has 0 aliphatic carbocycles. The molecule has 1 aromatic heterocycles. The second-order valence-corrected chi connectivity index (χ2v) is 5.07. The number of aryl methyl sites for hydroxylation is 1. The van der Waals surface area contributed by atoms with Gasteiger partial charge in [-0.2, -0.15) is 5.26 Å². The molecule has 0 saturated carbocycles. The van der Waals surface area contributed by atoms with Gasteiger partial charge in [0.15, 0.2) is 11.5 Å². The Labute approximate surface area is 140 Å². The van der Waals surface area contributed by atoms with Crippen LogP contribution in [0.4, 0.5) is 5.69 Å². The molecule has 7 nitrogen and oxygen atoms in total. The van der Waals surface area contributed by atoms with Gasteiger partial charge in [-0.3, -0.25) is 4.98 Å². The van der Waals surface area contributed by atoms with Crippen molar-refractivity contribution in [3.05, 3.63) is 40.7 Å². The highest BCUT2D eigenvalue weighted by Gasteiger charge is 2.14. The molecule has 0 aliphatic rings. The maximum atomic E-state index is 10.2. The van der Waals surface area contributed by atoms with Gasteiger partial charge in [0.1, 0.15) is 11.8 Å². The number of hydrogen-bond donors (Lipinski definition) is 3. The van der Waals surface area contributed by atoms with Crippen molar-refractivity contribution < 1.29 is 19.7 Å². The number of anilines is 1. The molecule has 0 spiro atoms. The molecule has 0 saturated heterocycles. The minimum atomic E-state index is -0.241. The van der Waals surface area contributed by atoms with E-state index in [4.69, 9.17) is 9.47 Å². The molecule has 1 aromatic carbocycles. The normalized spacial score (nSPS) is 10.1. The maximum Gasteiger partial charge on any atom is 0.162 e. The fraction of sp³-hybridized carbons (Fsp3) is 0.294. The van der Waals surface area contributed by atoms with Crippen molar-refractivity contribution in [1.82, 2.24) is 4.98 Å². The zero-order chi connectivity index (χ0) is 17.7. The lowest BCUT2D eigenvalue weighted by Gasteiger charge is -2.15. The highest BCUT2D eigenvalue weighted by molar-refractivity contribution is 5.65. The SMILES string of the molecule is COc1cc(C#N)c(NCc2c(CO)cnc(C)c2O)cc1OC. The van der Waals surface area contributed by atoms with Crippen LogP contribution in [0, 0.1) is 18.3 Å². The van der Waals surface area contributed by atoms with Crippen LogP contribution < -0.4 is 14.8 Å². The number of aliphatic hydroxyl groups excluding tert-OH is 1. The third kappa shape index (κ3) is 3.34. The lowest BCUT2D eigenvalue weighted by Crippen LogP contribution is -2.07. The van der Waals surface area contributed by atoms with Gasteiger partial charge < -0.3 is 25.0 Å². The summed E-state index contributed by atoms with van der Waals surface area (Å²) in [6.45, 7) is 1.65. The van der Waals surface area contributed by atoms with E-state index < -0.39 is 0 Å². The first-order valence-corrected chi connectivity index (χ1v) is 7.22. The molecule has 2 aromatic rings. The Bertz CT molecular complexity index is 784. The van der Waals surface area contributed by atoms with Crippen LogP contribution in [0.3, 0.4) is 0 Å². The van der Waals surface area contributed by atoms with Gasteiger partial charge in [-0.25, -0.2) is 0 Å². The predicted octanol–water partition coefficient (Wildman–Crippen LogP) is 2.09. The summed E-state index contributed by atoms with van der Waals surface area (Å²) in [5, 5.41) is 32.0. The first-order valence-electron chi connectivity index (χ1n) is 7.22. The zero-order valence-electron chi connectivity index (χ0n) is 13.8. The first kappa shape index (κ1) is 17.4. The summed E-state index contributed by atoms with van der Waals surface area (Å²) in [6, 6.07) is 5.32. The molecular formula is C17H19N3O4. The Hall–Kier alpha value is -2.98. The monoisotopic (exact) mass is 329 g/mol. The van der Waals surface area contributed by atoms with Crippen molar-refractivity contribution >= 4 is 5.69 Å². The Morgan fingerprint density at radius 3 is 2.50 bits per heavy atom. The van der Waals surface area contributed by atoms with Crippen molar-refractivity contribution in [2.24, 2.45) is 0 Å². The van der Waals surface area contributed by atoms with Crippen LogP contribution in [0.25, 0.3) is 0 Å². The largest absolute Gasteiger partial charge is 0.506 e. The average Bonchev–Trinajstić information content (AvgIpc) is 2.61. The van der Waals surface area contributed by atoms with Gasteiger partial charge in [-0.1, -0.05) is 0 Å². The van der Waals surface area contributed by atoms with Gasteiger partial charge >= 0.3 is 0 Å². The third-order valence-electron chi connectivity index (χ3n) is 3.70. The number of nitriles is 1. The summed E-state index contributed by atoms with van der Waals surface area (Å²) in [5.74, 6) is 0.961. The van der Waals surface area contributed by atoms with E-state index in [1.807, 2.05) is 0 Å². The minimum absolute atomic E-state index is 0.0213. The van der Waals surface area contributed by atoms with Gasteiger partial charge in [0, 0.05) is 36.0 Å². The van der Waals surface area contributed by atoms with Gasteiger partial charge in [0.2, 0.25) is 0 Å². The molecule has 0 amide bonds. The fourth-order valence-corrected chi connectivity index (χ4v) is 2.32. The van der Waals surface area contributed by atoms with Gasteiger partial charge in [0.25, 0.3) is 0 Å². The zero-order valence-corrected chi connectivity index (χ0v) is 13.8. The highest BCUT2D eigenvalue weighted by Crippen LogP contribution is 2.34. The van der Waals surface area contributed by atoms with Crippen LogP contribution in [0.15, 0.2) is 18.3 Å². The number of methoxy groups -OCH3 is 2. The smallest absolute Gasteiger partial charge is 0.162 e. The predicted molar refractivity (Wildman–Crippen MR) is 88.1 cm³/mol. The van der Waals surface area contributed by atoms with E-state index in [0.29, 0.717) is 39.6 Å². The van der Waals surface area contributed by atoms with E-state index in [2.05, 4.69) is 16.4 Å². The van der Waals surface area contributed by atoms with E-state index in [-0.39, 0.29) is 18.9 Å². The summed E-state index contributed by atoms with van der Waals surface area (Å²) >= 11 is 0. The highest BCUT2D eigenvalue weighted by atomic mass is 16.5. The number of benzene rings is 1. The summed E-state index contributed by atoms with van der Waals surface area (Å²) < 4.78 is 10.4. The summed E-state index contributed by atoms with van der Waals surface area (Å²) in [4.78, 5) is 4.02. The Morgan fingerprint density at radius 1 is 1.25 bits per heavy atom. The first-order chi connectivity index (χ1) is 11.5. The topological polar surface area (TPSA) is 108 Å². The molecule has 0 atom stereocenters. The van der Waals surface area contributed by atoms with E-state index in [1.54, 1.807) is 19.1 Å². The molecule has 7 heteroatoms. The van der Waals surface area contributed by atoms with Crippen molar-refractivity contribution in [3.63, 3.8) is 0 Å². The van der Waals surface area contributed by atoms with Crippen molar-refractivity contribution in [3.8, 4) is 23.3 Å². The number of pyridine rings is 1. The number of aliphatic hydroxyl groups is 1. The second kappa shape index (κ2) is 7.53. The molecule has 0 fully saturated rings. The van der Waals surface area contributed by atoms with E-state index in [9.17, 15) is 15.5 Å². The van der Waals surface area contributed by atoms with Gasteiger partial charge in [0.05, 0.1) is 37.8 Å². The lowest BCUT2D eigenvalue weighted by atomic mass is 10.1. The third-order valence-corrected chi connectivity index (χ3v) is 3.70. The fourth-order valence-electron chi connectivity index (χ4n) is 2.32. The minimum Gasteiger partial charge on any atom is -0.506 e. The molecular weight excluding hydrogens is 310 g/mol. The van der Waals surface area contributed by atoms with Crippen LogP contribution in [-0.4, -0.2) is 29.4 Å². The van der Waals surface area contributed by atoms with Crippen LogP contribution >= 0.6 is 0 Å².